The van der Waals surface area contributed by atoms with Gasteiger partial charge in [0.15, 0.2) is 11.5 Å². The summed E-state index contributed by atoms with van der Waals surface area (Å²) in [5, 5.41) is 14.1. The normalized spacial score (nSPS) is 25.4. The van der Waals surface area contributed by atoms with Crippen LogP contribution in [-0.2, 0) is 4.74 Å². The molecule has 0 amide bonds. The summed E-state index contributed by atoms with van der Waals surface area (Å²) in [5.74, 6) is 1.91. The highest BCUT2D eigenvalue weighted by Crippen LogP contribution is 2.39. The van der Waals surface area contributed by atoms with Crippen molar-refractivity contribution < 1.29 is 14.6 Å². The van der Waals surface area contributed by atoms with Crippen LogP contribution < -0.4 is 10.1 Å². The molecule has 2 atom stereocenters. The van der Waals surface area contributed by atoms with Crippen molar-refractivity contribution in [1.29, 1.82) is 0 Å². The maximum Gasteiger partial charge on any atom is 0.161 e. The fourth-order valence-corrected chi connectivity index (χ4v) is 3.08. The zero-order chi connectivity index (χ0) is 16.1. The average molecular weight is 305 g/mol. The van der Waals surface area contributed by atoms with Gasteiger partial charge < -0.3 is 19.9 Å². The van der Waals surface area contributed by atoms with Gasteiger partial charge in [0.2, 0.25) is 0 Å². The Kier molecular flexibility index (Phi) is 5.72. The molecule has 0 saturated heterocycles. The second-order valence-electron chi connectivity index (χ2n) is 6.01. The summed E-state index contributed by atoms with van der Waals surface area (Å²) >= 11 is 0. The molecular formula is C18H27NO3. The van der Waals surface area contributed by atoms with Crippen LogP contribution in [0.25, 0.3) is 0 Å². The first kappa shape index (κ1) is 16.7. The molecule has 0 fully saturated rings. The smallest absolute Gasteiger partial charge is 0.161 e. The predicted octanol–water partition coefficient (Wildman–Crippen LogP) is 3.49. The van der Waals surface area contributed by atoms with E-state index in [0.717, 1.165) is 42.7 Å². The van der Waals surface area contributed by atoms with Crippen LogP contribution in [0.1, 0.15) is 43.2 Å². The van der Waals surface area contributed by atoms with Gasteiger partial charge in [0.25, 0.3) is 0 Å². The molecule has 1 aromatic rings. The van der Waals surface area contributed by atoms with Crippen molar-refractivity contribution in [3.63, 3.8) is 0 Å². The number of nitrogens with one attached hydrogen (secondary N) is 1. The lowest BCUT2D eigenvalue weighted by Crippen LogP contribution is -2.30. The van der Waals surface area contributed by atoms with E-state index in [1.807, 2.05) is 19.1 Å². The lowest BCUT2D eigenvalue weighted by molar-refractivity contribution is 0.267. The van der Waals surface area contributed by atoms with Crippen molar-refractivity contribution in [2.45, 2.75) is 45.1 Å². The van der Waals surface area contributed by atoms with Crippen molar-refractivity contribution in [2.24, 2.45) is 0 Å². The molecule has 122 valence electrons. The van der Waals surface area contributed by atoms with E-state index in [2.05, 4.69) is 18.3 Å². The average Bonchev–Trinajstić information content (AvgIpc) is 2.59. The standard InChI is InChI=1S/C18H27NO3/c1-12-8-9-16(22-4)18(20)17(12)14-10-15(21-3)7-5-6-13(2)19-11-14/h7-9,13-14,19-20H,5-6,10-11H2,1-4H3/b15-7+. The van der Waals surface area contributed by atoms with E-state index in [4.69, 9.17) is 9.47 Å². The molecule has 1 heterocycles. The molecule has 0 bridgehead atoms. The molecule has 2 N–H and O–H groups in total. The molecule has 0 radical (unpaired) electrons. The Morgan fingerprint density at radius 3 is 2.68 bits per heavy atom. The monoisotopic (exact) mass is 305 g/mol. The van der Waals surface area contributed by atoms with Crippen LogP contribution in [0.2, 0.25) is 0 Å². The number of phenols is 1. The van der Waals surface area contributed by atoms with E-state index in [1.54, 1.807) is 14.2 Å². The molecule has 1 aromatic carbocycles. The van der Waals surface area contributed by atoms with E-state index in [1.165, 1.54) is 0 Å². The molecule has 0 aliphatic carbocycles. The van der Waals surface area contributed by atoms with Gasteiger partial charge >= 0.3 is 0 Å². The van der Waals surface area contributed by atoms with Crippen LogP contribution in [0.4, 0.5) is 0 Å². The molecule has 22 heavy (non-hydrogen) atoms. The van der Waals surface area contributed by atoms with Crippen LogP contribution in [0.5, 0.6) is 11.5 Å². The minimum absolute atomic E-state index is 0.154. The van der Waals surface area contributed by atoms with Gasteiger partial charge in [0.05, 0.1) is 20.0 Å². The van der Waals surface area contributed by atoms with E-state index in [0.29, 0.717) is 11.8 Å². The third-order valence-corrected chi connectivity index (χ3v) is 4.42. The maximum atomic E-state index is 10.6. The van der Waals surface area contributed by atoms with E-state index in [9.17, 15) is 5.11 Å². The summed E-state index contributed by atoms with van der Waals surface area (Å²) in [6, 6.07) is 4.26. The molecule has 0 aromatic heterocycles. The van der Waals surface area contributed by atoms with Crippen LogP contribution in [0.3, 0.4) is 0 Å². The van der Waals surface area contributed by atoms with Crippen molar-refractivity contribution in [2.75, 3.05) is 20.8 Å². The second kappa shape index (κ2) is 7.54. The molecule has 2 unspecified atom stereocenters. The van der Waals surface area contributed by atoms with Gasteiger partial charge in [0.1, 0.15) is 0 Å². The van der Waals surface area contributed by atoms with E-state index < -0.39 is 0 Å². The Labute approximate surface area is 133 Å². The van der Waals surface area contributed by atoms with Crippen molar-refractivity contribution in [3.8, 4) is 11.5 Å². The number of hydrogen-bond acceptors (Lipinski definition) is 4. The SMILES string of the molecule is CO/C1=C/CCC(C)NCC(c2c(C)ccc(OC)c2O)C1. The molecular weight excluding hydrogens is 278 g/mol. The molecule has 0 spiro atoms. The van der Waals surface area contributed by atoms with E-state index >= 15 is 0 Å². The maximum absolute atomic E-state index is 10.6. The Morgan fingerprint density at radius 1 is 1.23 bits per heavy atom. The minimum atomic E-state index is 0.154. The number of hydrogen-bond donors (Lipinski definition) is 2. The van der Waals surface area contributed by atoms with Gasteiger partial charge in [0, 0.05) is 30.5 Å². The van der Waals surface area contributed by atoms with Gasteiger partial charge in [-0.1, -0.05) is 6.07 Å². The molecule has 4 nitrogen and oxygen atoms in total. The topological polar surface area (TPSA) is 50.7 Å². The van der Waals surface area contributed by atoms with Gasteiger partial charge in [-0.2, -0.15) is 0 Å². The predicted molar refractivity (Wildman–Crippen MR) is 88.5 cm³/mol. The summed E-state index contributed by atoms with van der Waals surface area (Å²) in [7, 11) is 3.30. The summed E-state index contributed by atoms with van der Waals surface area (Å²) in [4.78, 5) is 0. The largest absolute Gasteiger partial charge is 0.504 e. The zero-order valence-corrected chi connectivity index (χ0v) is 14.0. The Balaban J connectivity index is 2.39. The first-order valence-corrected chi connectivity index (χ1v) is 7.89. The summed E-state index contributed by atoms with van der Waals surface area (Å²) in [5.41, 5.74) is 2.02. The Bertz CT molecular complexity index is 539. The van der Waals surface area contributed by atoms with Crippen molar-refractivity contribution in [3.05, 3.63) is 35.1 Å². The number of aryl methyl sites for hydroxylation is 1. The number of benzene rings is 1. The van der Waals surface area contributed by atoms with Crippen LogP contribution in [0.15, 0.2) is 24.0 Å². The molecule has 1 aliphatic heterocycles. The molecule has 4 heteroatoms. The fraction of sp³-hybridized carbons (Fsp3) is 0.556. The highest BCUT2D eigenvalue weighted by atomic mass is 16.5. The Hall–Kier alpha value is -1.68. The van der Waals surface area contributed by atoms with Gasteiger partial charge in [-0.15, -0.1) is 0 Å². The summed E-state index contributed by atoms with van der Waals surface area (Å²) in [6.45, 7) is 5.03. The van der Waals surface area contributed by atoms with Gasteiger partial charge in [-0.05, 0) is 44.4 Å². The highest BCUT2D eigenvalue weighted by molar-refractivity contribution is 5.51. The number of ether oxygens (including phenoxy) is 2. The zero-order valence-electron chi connectivity index (χ0n) is 14.0. The van der Waals surface area contributed by atoms with Gasteiger partial charge in [-0.3, -0.25) is 0 Å². The quantitative estimate of drug-likeness (QED) is 0.897. The third kappa shape index (κ3) is 3.74. The molecule has 0 saturated carbocycles. The number of methoxy groups -OCH3 is 2. The first-order valence-electron chi connectivity index (χ1n) is 7.89. The van der Waals surface area contributed by atoms with Gasteiger partial charge in [-0.25, -0.2) is 0 Å². The number of rotatable bonds is 3. The van der Waals surface area contributed by atoms with Crippen LogP contribution in [-0.4, -0.2) is 31.9 Å². The molecule has 1 aliphatic rings. The van der Waals surface area contributed by atoms with Crippen molar-refractivity contribution in [1.82, 2.24) is 5.32 Å². The van der Waals surface area contributed by atoms with Crippen LogP contribution in [0, 0.1) is 6.92 Å². The Morgan fingerprint density at radius 2 is 2.00 bits per heavy atom. The third-order valence-electron chi connectivity index (χ3n) is 4.42. The second-order valence-corrected chi connectivity index (χ2v) is 6.01. The van der Waals surface area contributed by atoms with E-state index in [-0.39, 0.29) is 11.7 Å². The summed E-state index contributed by atoms with van der Waals surface area (Å²) < 4.78 is 10.8. The fourth-order valence-electron chi connectivity index (χ4n) is 3.08. The number of allylic oxidation sites excluding steroid dienone is 2. The minimum Gasteiger partial charge on any atom is -0.504 e. The number of phenolic OH excluding ortho intramolecular Hbond substituents is 1. The lowest BCUT2D eigenvalue weighted by Gasteiger charge is -2.23. The first-order chi connectivity index (χ1) is 10.6. The number of aromatic hydroxyl groups is 1. The van der Waals surface area contributed by atoms with Crippen LogP contribution >= 0.6 is 0 Å². The lowest BCUT2D eigenvalue weighted by atomic mass is 9.89. The molecule has 2 rings (SSSR count). The van der Waals surface area contributed by atoms with Crippen molar-refractivity contribution >= 4 is 0 Å². The highest BCUT2D eigenvalue weighted by Gasteiger charge is 2.23. The summed E-state index contributed by atoms with van der Waals surface area (Å²) in [6.07, 6.45) is 5.04.